The minimum atomic E-state index is -4.39. The van der Waals surface area contributed by atoms with Crippen molar-refractivity contribution in [1.29, 1.82) is 5.41 Å². The lowest BCUT2D eigenvalue weighted by Gasteiger charge is -2.34. The van der Waals surface area contributed by atoms with E-state index in [1.807, 2.05) is 27.7 Å². The molecule has 10 nitrogen and oxygen atoms in total. The summed E-state index contributed by atoms with van der Waals surface area (Å²) in [4.78, 5) is 36.8. The molecule has 0 aliphatic heterocycles. The number of likely N-dealkylation sites (N-methyl/N-ethyl adjacent to an activating group) is 1. The van der Waals surface area contributed by atoms with E-state index in [0.717, 1.165) is 32.2 Å². The predicted octanol–water partition coefficient (Wildman–Crippen LogP) is 5.99. The molecule has 256 valence electrons. The number of aliphatic imine (C=N–C) groups is 1. The number of pyridine rings is 1. The number of nitrogens with zero attached hydrogens (tertiary/aromatic N) is 4. The number of amides is 1. The van der Waals surface area contributed by atoms with Crippen LogP contribution in [0, 0.1) is 5.41 Å². The van der Waals surface area contributed by atoms with E-state index >= 15 is 0 Å². The van der Waals surface area contributed by atoms with Crippen molar-refractivity contribution in [3.05, 3.63) is 47.6 Å². The summed E-state index contributed by atoms with van der Waals surface area (Å²) in [5.41, 5.74) is 1.13. The van der Waals surface area contributed by atoms with E-state index in [1.165, 1.54) is 24.5 Å². The van der Waals surface area contributed by atoms with Crippen LogP contribution < -0.4 is 16.0 Å². The first-order valence-corrected chi connectivity index (χ1v) is 15.6. The second-order valence-electron chi connectivity index (χ2n) is 9.39. The van der Waals surface area contributed by atoms with E-state index in [4.69, 9.17) is 5.41 Å². The number of rotatable bonds is 17. The van der Waals surface area contributed by atoms with Crippen molar-refractivity contribution in [2.45, 2.75) is 86.9 Å². The van der Waals surface area contributed by atoms with Gasteiger partial charge >= 0.3 is 6.18 Å². The van der Waals surface area contributed by atoms with Crippen LogP contribution in [0.15, 0.2) is 47.0 Å². The highest BCUT2D eigenvalue weighted by Crippen LogP contribution is 2.17. The Kier molecular flexibility index (Phi) is 23.7. The number of anilines is 1. The third-order valence-corrected chi connectivity index (χ3v) is 6.01. The van der Waals surface area contributed by atoms with Crippen LogP contribution in [0.25, 0.3) is 0 Å². The van der Waals surface area contributed by atoms with E-state index in [-0.39, 0.29) is 29.1 Å². The van der Waals surface area contributed by atoms with Crippen molar-refractivity contribution in [1.82, 2.24) is 25.4 Å². The van der Waals surface area contributed by atoms with Crippen LogP contribution in [0.2, 0.25) is 0 Å². The van der Waals surface area contributed by atoms with E-state index in [2.05, 4.69) is 44.7 Å². The van der Waals surface area contributed by atoms with E-state index in [1.54, 1.807) is 38.9 Å². The number of aromatic nitrogens is 1. The summed E-state index contributed by atoms with van der Waals surface area (Å²) < 4.78 is 37.7. The van der Waals surface area contributed by atoms with Gasteiger partial charge in [-0.05, 0) is 51.9 Å². The van der Waals surface area contributed by atoms with Crippen molar-refractivity contribution in [3.8, 4) is 0 Å². The van der Waals surface area contributed by atoms with Gasteiger partial charge in [-0.3, -0.25) is 15.1 Å². The SMILES string of the molecule is C/C=C(\N=C(C)c1ccnc(NCC(F)(F)F)c1)C(=O)N/C(=C/NC)C(=N)N(C)C[C@H](CC=O)N(CCC)CCC.CC.CC. The monoisotopic (exact) mass is 640 g/mol. The zero-order chi connectivity index (χ0) is 35.0. The maximum atomic E-state index is 13.2. The summed E-state index contributed by atoms with van der Waals surface area (Å²) in [5, 5.41) is 16.5. The topological polar surface area (TPSA) is 126 Å². The van der Waals surface area contributed by atoms with Gasteiger partial charge in [-0.25, -0.2) is 9.98 Å². The average molecular weight is 641 g/mol. The molecule has 1 heterocycles. The van der Waals surface area contributed by atoms with E-state index in [0.29, 0.717) is 24.2 Å². The summed E-state index contributed by atoms with van der Waals surface area (Å²) in [6.07, 6.45) is 3.05. The average Bonchev–Trinajstić information content (AvgIpc) is 3.03. The van der Waals surface area contributed by atoms with Gasteiger partial charge in [0.15, 0.2) is 0 Å². The van der Waals surface area contributed by atoms with Gasteiger partial charge in [-0.1, -0.05) is 47.6 Å². The van der Waals surface area contributed by atoms with Crippen molar-refractivity contribution < 1.29 is 22.8 Å². The van der Waals surface area contributed by atoms with Crippen LogP contribution >= 0.6 is 0 Å². The number of amidine groups is 1. The second kappa shape index (κ2) is 24.6. The normalized spacial score (nSPS) is 12.6. The molecule has 0 bridgehead atoms. The Bertz CT molecular complexity index is 1100. The molecule has 0 aliphatic carbocycles. The highest BCUT2D eigenvalue weighted by atomic mass is 19.4. The molecule has 0 aliphatic rings. The molecule has 0 spiro atoms. The molecule has 0 aromatic carbocycles. The highest BCUT2D eigenvalue weighted by Gasteiger charge is 2.27. The van der Waals surface area contributed by atoms with Crippen LogP contribution in [0.5, 0.6) is 0 Å². The van der Waals surface area contributed by atoms with E-state index in [9.17, 15) is 22.8 Å². The molecule has 45 heavy (non-hydrogen) atoms. The van der Waals surface area contributed by atoms with Crippen molar-refractivity contribution in [3.63, 3.8) is 0 Å². The van der Waals surface area contributed by atoms with E-state index < -0.39 is 18.6 Å². The molecule has 13 heteroatoms. The van der Waals surface area contributed by atoms with Crippen LogP contribution in [0.3, 0.4) is 0 Å². The predicted molar refractivity (Wildman–Crippen MR) is 180 cm³/mol. The van der Waals surface area contributed by atoms with Gasteiger partial charge in [-0.15, -0.1) is 0 Å². The number of hydrogen-bond acceptors (Lipinski definition) is 8. The summed E-state index contributed by atoms with van der Waals surface area (Å²) >= 11 is 0. The first kappa shape index (κ1) is 43.4. The third-order valence-electron chi connectivity index (χ3n) is 6.01. The molecule has 1 rings (SSSR count). The van der Waals surface area contributed by atoms with Crippen molar-refractivity contribution in [2.24, 2.45) is 4.99 Å². The standard InChI is InChI=1S/C28H43F3N8O2.2C2H6/c1-7-13-39(14-8-2)22(11-15-40)18-38(6)26(32)24(17-33-5)37-27(41)23(9-3)36-20(4)21-10-12-34-25(16-21)35-19-28(29,30)31;2*1-2/h9-10,12,15-17,22,32-33H,7-8,11,13-14,18-19H2,1-6H3,(H,34,35)(H,37,41);2*1-2H3/b23-9-,24-17+,32-26?,36-20?;;/t22-;;/m0../s1. The molecule has 0 radical (unpaired) electrons. The zero-order valence-corrected chi connectivity index (χ0v) is 28.7. The Labute approximate surface area is 268 Å². The molecule has 0 saturated heterocycles. The number of allylic oxidation sites excluding steroid dienone is 1. The first-order chi connectivity index (χ1) is 21.4. The lowest BCUT2D eigenvalue weighted by atomic mass is 10.1. The Morgan fingerprint density at radius 1 is 1.16 bits per heavy atom. The van der Waals surface area contributed by atoms with Gasteiger partial charge in [0, 0.05) is 56.8 Å². The summed E-state index contributed by atoms with van der Waals surface area (Å²) in [7, 11) is 3.38. The molecule has 1 aromatic heterocycles. The van der Waals surface area contributed by atoms with Gasteiger partial charge in [0.1, 0.15) is 30.2 Å². The minimum Gasteiger partial charge on any atom is -0.392 e. The number of halogens is 3. The van der Waals surface area contributed by atoms with Crippen LogP contribution in [0.4, 0.5) is 19.0 Å². The lowest BCUT2D eigenvalue weighted by Crippen LogP contribution is -2.47. The Balaban J connectivity index is 0. The molecular formula is C32H55F3N8O2. The maximum Gasteiger partial charge on any atom is 0.405 e. The van der Waals surface area contributed by atoms with Crippen LogP contribution in [0.1, 0.15) is 80.2 Å². The number of carbonyl (C=O) groups is 2. The Morgan fingerprint density at radius 3 is 2.24 bits per heavy atom. The van der Waals surface area contributed by atoms with Gasteiger partial charge in [0.05, 0.1) is 5.70 Å². The number of nitrogens with one attached hydrogen (secondary N) is 4. The molecule has 4 N–H and O–H groups in total. The van der Waals surface area contributed by atoms with Gasteiger partial charge in [0.2, 0.25) is 0 Å². The van der Waals surface area contributed by atoms with Crippen LogP contribution in [-0.4, -0.2) is 91.0 Å². The number of hydrogen-bond donors (Lipinski definition) is 4. The Hall–Kier alpha value is -3.74. The fourth-order valence-electron chi connectivity index (χ4n) is 4.04. The van der Waals surface area contributed by atoms with Gasteiger partial charge < -0.3 is 25.6 Å². The number of carbonyl (C=O) groups excluding carboxylic acids is 2. The molecule has 0 saturated carbocycles. The highest BCUT2D eigenvalue weighted by molar-refractivity contribution is 6.06. The van der Waals surface area contributed by atoms with Gasteiger partial charge in [0.25, 0.3) is 5.91 Å². The molecular weight excluding hydrogens is 585 g/mol. The number of alkyl halides is 3. The minimum absolute atomic E-state index is 0.0286. The second-order valence-corrected chi connectivity index (χ2v) is 9.39. The fraction of sp³-hybridized carbons (Fsp3) is 0.594. The molecule has 1 amide bonds. The maximum absolute atomic E-state index is 13.2. The van der Waals surface area contributed by atoms with Gasteiger partial charge in [-0.2, -0.15) is 13.2 Å². The van der Waals surface area contributed by atoms with Crippen molar-refractivity contribution in [2.75, 3.05) is 45.6 Å². The zero-order valence-electron chi connectivity index (χ0n) is 28.7. The lowest BCUT2D eigenvalue weighted by molar-refractivity contribution is -0.117. The molecule has 1 aromatic rings. The first-order valence-electron chi connectivity index (χ1n) is 15.6. The fourth-order valence-corrected chi connectivity index (χ4v) is 4.04. The quantitative estimate of drug-likeness (QED) is 0.0714. The largest absolute Gasteiger partial charge is 0.405 e. The third kappa shape index (κ3) is 17.4. The smallest absolute Gasteiger partial charge is 0.392 e. The summed E-state index contributed by atoms with van der Waals surface area (Å²) in [5.74, 6) is -0.498. The van der Waals surface area contributed by atoms with Crippen LogP contribution in [-0.2, 0) is 9.59 Å². The number of aldehydes is 1. The summed E-state index contributed by atoms with van der Waals surface area (Å²) in [6, 6.07) is 2.91. The summed E-state index contributed by atoms with van der Waals surface area (Å²) in [6.45, 7) is 16.3. The Morgan fingerprint density at radius 2 is 1.76 bits per heavy atom. The molecule has 0 unspecified atom stereocenters. The molecule has 0 fully saturated rings. The van der Waals surface area contributed by atoms with Crippen molar-refractivity contribution >= 4 is 29.6 Å². The molecule has 1 atom stereocenters.